The molecule has 2 aromatic heterocycles. The first-order valence-corrected chi connectivity index (χ1v) is 14.7. The van der Waals surface area contributed by atoms with Crippen LogP contribution in [0.1, 0.15) is 69.4 Å². The summed E-state index contributed by atoms with van der Waals surface area (Å²) < 4.78 is 71.3. The van der Waals surface area contributed by atoms with E-state index in [0.717, 1.165) is 23.1 Å². The van der Waals surface area contributed by atoms with E-state index in [1.807, 2.05) is 6.92 Å². The molecule has 1 aromatic carbocycles. The largest absolute Gasteiger partial charge is 0.484 e. The molecular weight excluding hydrogens is 563 g/mol. The van der Waals surface area contributed by atoms with Crippen LogP contribution in [0.25, 0.3) is 5.82 Å². The number of hydrogen-bond donors (Lipinski definition) is 2. The van der Waals surface area contributed by atoms with Crippen LogP contribution < -0.4 is 14.8 Å². The maximum Gasteiger partial charge on any atom is 0.422 e. The van der Waals surface area contributed by atoms with Gasteiger partial charge >= 0.3 is 6.18 Å². The van der Waals surface area contributed by atoms with Crippen molar-refractivity contribution in [2.75, 3.05) is 6.61 Å². The lowest BCUT2D eigenvalue weighted by Crippen LogP contribution is -2.50. The molecule has 10 nitrogen and oxygen atoms in total. The predicted molar refractivity (Wildman–Crippen MR) is 139 cm³/mol. The number of fused-ring (bicyclic) bond motifs is 3. The normalized spacial score (nSPS) is 20.0. The number of halogens is 3. The Kier molecular flexibility index (Phi) is 6.36. The second-order valence-electron chi connectivity index (χ2n) is 10.6. The van der Waals surface area contributed by atoms with Crippen LogP contribution in [-0.4, -0.2) is 53.0 Å². The van der Waals surface area contributed by atoms with E-state index < -0.39 is 45.4 Å². The van der Waals surface area contributed by atoms with E-state index in [0.29, 0.717) is 25.7 Å². The quantitative estimate of drug-likeness (QED) is 0.433. The zero-order valence-electron chi connectivity index (χ0n) is 21.9. The van der Waals surface area contributed by atoms with E-state index in [1.165, 1.54) is 16.8 Å². The highest BCUT2D eigenvalue weighted by atomic mass is 32.2. The minimum atomic E-state index is -4.47. The molecule has 14 heteroatoms. The molecule has 2 amide bonds. The lowest BCUT2D eigenvalue weighted by Gasteiger charge is -2.35. The maximum absolute atomic E-state index is 13.7. The van der Waals surface area contributed by atoms with E-state index >= 15 is 0 Å². The number of benzene rings is 1. The SMILES string of the molecule is CCc1ccc(-n2nc3c(c2C(=O)NS(=O)(=O)C2CC2)C(=O)N[C@@]2(CCc4cc(OCC(F)(F)F)ccc42)C3)nc1. The van der Waals surface area contributed by atoms with Gasteiger partial charge in [-0.05, 0) is 67.0 Å². The summed E-state index contributed by atoms with van der Waals surface area (Å²) in [6, 6.07) is 8.05. The molecule has 216 valence electrons. The highest BCUT2D eigenvalue weighted by Crippen LogP contribution is 2.44. The zero-order valence-corrected chi connectivity index (χ0v) is 22.7. The number of ether oxygens (including phenoxy) is 1. The van der Waals surface area contributed by atoms with Gasteiger partial charge < -0.3 is 10.1 Å². The van der Waals surface area contributed by atoms with Crippen LogP contribution in [0.4, 0.5) is 13.2 Å². The van der Waals surface area contributed by atoms with Crippen molar-refractivity contribution >= 4 is 21.8 Å². The lowest BCUT2D eigenvalue weighted by molar-refractivity contribution is -0.153. The average Bonchev–Trinajstić information content (AvgIpc) is 3.65. The first kappa shape index (κ1) is 27.2. The number of rotatable bonds is 7. The third-order valence-electron chi connectivity index (χ3n) is 7.67. The van der Waals surface area contributed by atoms with Gasteiger partial charge in [-0.3, -0.25) is 9.59 Å². The molecular formula is C27H26F3N5O5S. The second kappa shape index (κ2) is 9.57. The van der Waals surface area contributed by atoms with Crippen molar-refractivity contribution in [2.24, 2.45) is 0 Å². The standard InChI is InChI=1S/C27H26F3N5O5S/c1-2-15-3-8-21(31-13-15)35-23(25(37)34-41(38,39)18-5-6-18)22-20(33-35)12-26(32-24(22)36)10-9-16-11-17(4-7-19(16)26)40-14-27(28,29)30/h3-4,7-8,11,13,18H,2,5-6,9-10,12,14H2,1H3,(H,32,36)(H,34,37)/t26-/m0/s1. The smallest absolute Gasteiger partial charge is 0.422 e. The number of carbonyl (C=O) groups excluding carboxylic acids is 2. The Morgan fingerprint density at radius 1 is 1.24 bits per heavy atom. The number of pyridine rings is 1. The summed E-state index contributed by atoms with van der Waals surface area (Å²) in [5.41, 5.74) is 1.49. The number of sulfonamides is 1. The van der Waals surface area contributed by atoms with Crippen LogP contribution >= 0.6 is 0 Å². The number of aryl methyl sites for hydroxylation is 2. The highest BCUT2D eigenvalue weighted by molar-refractivity contribution is 7.91. The lowest BCUT2D eigenvalue weighted by atomic mass is 9.82. The van der Waals surface area contributed by atoms with Crippen LogP contribution in [0.15, 0.2) is 36.5 Å². The van der Waals surface area contributed by atoms with Crippen LogP contribution in [0.2, 0.25) is 0 Å². The molecule has 41 heavy (non-hydrogen) atoms. The molecule has 0 unspecified atom stereocenters. The highest BCUT2D eigenvalue weighted by Gasteiger charge is 2.48. The number of alkyl halides is 3. The average molecular weight is 590 g/mol. The molecule has 1 aliphatic heterocycles. The van der Waals surface area contributed by atoms with E-state index in [-0.39, 0.29) is 34.9 Å². The number of nitrogens with zero attached hydrogens (tertiary/aromatic N) is 3. The number of aromatic nitrogens is 3. The Labute approximate surface area is 233 Å². The molecule has 0 radical (unpaired) electrons. The fourth-order valence-corrected chi connectivity index (χ4v) is 6.77. The molecule has 6 rings (SSSR count). The van der Waals surface area contributed by atoms with Gasteiger partial charge in [0.05, 0.1) is 22.0 Å². The number of amides is 2. The van der Waals surface area contributed by atoms with Gasteiger partial charge in [-0.2, -0.15) is 18.3 Å². The minimum Gasteiger partial charge on any atom is -0.484 e. The molecule has 1 atom stereocenters. The van der Waals surface area contributed by atoms with Gasteiger partial charge in [-0.15, -0.1) is 0 Å². The fourth-order valence-electron chi connectivity index (χ4n) is 5.50. The van der Waals surface area contributed by atoms with Gasteiger partial charge in [0.2, 0.25) is 10.0 Å². The van der Waals surface area contributed by atoms with Crippen molar-refractivity contribution in [3.8, 4) is 11.6 Å². The van der Waals surface area contributed by atoms with Gasteiger partial charge in [0.15, 0.2) is 12.4 Å². The summed E-state index contributed by atoms with van der Waals surface area (Å²) in [4.78, 5) is 31.5. The van der Waals surface area contributed by atoms with Crippen LogP contribution in [0.3, 0.4) is 0 Å². The summed E-state index contributed by atoms with van der Waals surface area (Å²) in [7, 11) is -3.92. The summed E-state index contributed by atoms with van der Waals surface area (Å²) >= 11 is 0. The Bertz CT molecular complexity index is 1670. The molecule has 3 aliphatic rings. The van der Waals surface area contributed by atoms with E-state index in [1.54, 1.807) is 24.4 Å². The molecule has 0 saturated heterocycles. The summed E-state index contributed by atoms with van der Waals surface area (Å²) in [5.74, 6) is -1.27. The molecule has 2 N–H and O–H groups in total. The molecule has 0 bridgehead atoms. The van der Waals surface area contributed by atoms with Gasteiger partial charge in [0, 0.05) is 12.6 Å². The molecule has 1 saturated carbocycles. The Balaban J connectivity index is 1.38. The third-order valence-corrected chi connectivity index (χ3v) is 9.49. The monoisotopic (exact) mass is 589 g/mol. The van der Waals surface area contributed by atoms with Crippen LogP contribution in [0.5, 0.6) is 5.75 Å². The van der Waals surface area contributed by atoms with Crippen molar-refractivity contribution in [3.63, 3.8) is 0 Å². The predicted octanol–water partition coefficient (Wildman–Crippen LogP) is 3.12. The minimum absolute atomic E-state index is 0.0425. The number of carbonyl (C=O) groups is 2. The van der Waals surface area contributed by atoms with Crippen molar-refractivity contribution < 1.29 is 35.9 Å². The van der Waals surface area contributed by atoms with Gasteiger partial charge in [0.25, 0.3) is 11.8 Å². The molecule has 2 aliphatic carbocycles. The van der Waals surface area contributed by atoms with Crippen molar-refractivity contribution in [2.45, 2.75) is 62.4 Å². The number of hydrogen-bond acceptors (Lipinski definition) is 7. The van der Waals surface area contributed by atoms with E-state index in [2.05, 4.69) is 20.1 Å². The summed E-state index contributed by atoms with van der Waals surface area (Å²) in [6.07, 6.45) is -0.127. The van der Waals surface area contributed by atoms with Gasteiger partial charge in [-0.1, -0.05) is 19.1 Å². The Morgan fingerprint density at radius 3 is 2.68 bits per heavy atom. The summed E-state index contributed by atoms with van der Waals surface area (Å²) in [5, 5.41) is 6.93. The third kappa shape index (κ3) is 5.04. The molecule has 1 fully saturated rings. The first-order valence-electron chi connectivity index (χ1n) is 13.2. The Morgan fingerprint density at radius 2 is 2.02 bits per heavy atom. The second-order valence-corrected chi connectivity index (χ2v) is 12.5. The number of nitrogens with one attached hydrogen (secondary N) is 2. The fraction of sp³-hybridized carbons (Fsp3) is 0.407. The van der Waals surface area contributed by atoms with Crippen LogP contribution in [-0.2, 0) is 34.8 Å². The Hall–Kier alpha value is -3.94. The van der Waals surface area contributed by atoms with Gasteiger partial charge in [-0.25, -0.2) is 22.8 Å². The zero-order chi connectivity index (χ0) is 29.2. The molecule has 3 aromatic rings. The maximum atomic E-state index is 13.7. The molecule has 1 spiro atoms. The van der Waals surface area contributed by atoms with Crippen molar-refractivity contribution in [3.05, 3.63) is 70.2 Å². The van der Waals surface area contributed by atoms with Crippen molar-refractivity contribution in [1.82, 2.24) is 24.8 Å². The summed E-state index contributed by atoms with van der Waals surface area (Å²) in [6.45, 7) is 0.544. The van der Waals surface area contributed by atoms with E-state index in [4.69, 9.17) is 4.74 Å². The van der Waals surface area contributed by atoms with Crippen molar-refractivity contribution in [1.29, 1.82) is 0 Å². The van der Waals surface area contributed by atoms with E-state index in [9.17, 15) is 31.2 Å². The first-order chi connectivity index (χ1) is 19.4. The van der Waals surface area contributed by atoms with Crippen LogP contribution in [0, 0.1) is 0 Å². The topological polar surface area (TPSA) is 132 Å². The molecule has 3 heterocycles. The van der Waals surface area contributed by atoms with Gasteiger partial charge in [0.1, 0.15) is 11.4 Å².